The molecule has 8 nitrogen and oxygen atoms in total. The SMILES string of the molecule is O=C(Cn1cc(CNCC(F)(F)F)c(C(F)(F)F)n1)Nc1sc2c(c1C(=O)NCCO)CCCC2. The number of hydrogen-bond donors (Lipinski definition) is 4. The summed E-state index contributed by atoms with van der Waals surface area (Å²) in [7, 11) is 0. The second-order valence-electron chi connectivity index (χ2n) is 7.86. The van der Waals surface area contributed by atoms with Crippen LogP contribution in [-0.4, -0.2) is 52.6 Å². The lowest BCUT2D eigenvalue weighted by Gasteiger charge is -2.13. The molecule has 0 saturated heterocycles. The van der Waals surface area contributed by atoms with Crippen LogP contribution in [0.5, 0.6) is 0 Å². The predicted octanol–water partition coefficient (Wildman–Crippen LogP) is 2.85. The van der Waals surface area contributed by atoms with Crippen molar-refractivity contribution in [3.63, 3.8) is 0 Å². The number of fused-ring (bicyclic) bond motifs is 1. The average molecular weight is 527 g/mol. The van der Waals surface area contributed by atoms with E-state index in [9.17, 15) is 35.9 Å². The first kappa shape index (κ1) is 26.9. The number of alkyl halides is 6. The molecule has 0 spiro atoms. The Morgan fingerprint density at radius 3 is 2.51 bits per heavy atom. The lowest BCUT2D eigenvalue weighted by Crippen LogP contribution is -2.28. The zero-order valence-corrected chi connectivity index (χ0v) is 19.1. The van der Waals surface area contributed by atoms with Gasteiger partial charge in [-0.2, -0.15) is 31.4 Å². The highest BCUT2D eigenvalue weighted by Gasteiger charge is 2.37. The fourth-order valence-electron chi connectivity index (χ4n) is 3.72. The molecule has 15 heteroatoms. The first-order chi connectivity index (χ1) is 16.4. The summed E-state index contributed by atoms with van der Waals surface area (Å²) in [6, 6.07) is 0. The highest BCUT2D eigenvalue weighted by atomic mass is 32.1. The van der Waals surface area contributed by atoms with Crippen LogP contribution in [-0.2, 0) is 36.9 Å². The van der Waals surface area contributed by atoms with Gasteiger partial charge >= 0.3 is 12.4 Å². The van der Waals surface area contributed by atoms with Gasteiger partial charge in [-0.3, -0.25) is 14.3 Å². The van der Waals surface area contributed by atoms with E-state index in [0.717, 1.165) is 35.9 Å². The van der Waals surface area contributed by atoms with Crippen molar-refractivity contribution in [2.24, 2.45) is 0 Å². The van der Waals surface area contributed by atoms with Gasteiger partial charge in [-0.1, -0.05) is 0 Å². The molecule has 2 amide bonds. The van der Waals surface area contributed by atoms with Gasteiger partial charge in [-0.25, -0.2) is 0 Å². The topological polar surface area (TPSA) is 108 Å². The summed E-state index contributed by atoms with van der Waals surface area (Å²) in [6.45, 7) is -3.15. The summed E-state index contributed by atoms with van der Waals surface area (Å²) in [6.07, 6.45) is -5.55. The van der Waals surface area contributed by atoms with Crippen LogP contribution in [0.1, 0.15) is 44.9 Å². The lowest BCUT2D eigenvalue weighted by atomic mass is 9.95. The van der Waals surface area contributed by atoms with Crippen LogP contribution in [0.15, 0.2) is 6.20 Å². The number of carbonyl (C=O) groups excluding carboxylic acids is 2. The van der Waals surface area contributed by atoms with Gasteiger partial charge in [0.2, 0.25) is 5.91 Å². The van der Waals surface area contributed by atoms with Crippen molar-refractivity contribution in [2.45, 2.75) is 51.1 Å². The van der Waals surface area contributed by atoms with Crippen LogP contribution in [0.3, 0.4) is 0 Å². The van der Waals surface area contributed by atoms with Crippen molar-refractivity contribution < 1.29 is 41.0 Å². The van der Waals surface area contributed by atoms with E-state index in [0.29, 0.717) is 11.1 Å². The Bertz CT molecular complexity index is 1060. The number of halogens is 6. The Labute approximate surface area is 199 Å². The Morgan fingerprint density at radius 2 is 1.86 bits per heavy atom. The molecule has 0 bridgehead atoms. The van der Waals surface area contributed by atoms with Gasteiger partial charge in [0, 0.05) is 29.7 Å². The van der Waals surface area contributed by atoms with E-state index in [1.165, 1.54) is 11.3 Å². The molecule has 2 aromatic heterocycles. The number of nitrogens with one attached hydrogen (secondary N) is 3. The molecule has 0 saturated carbocycles. The first-order valence-corrected chi connectivity index (χ1v) is 11.4. The maximum Gasteiger partial charge on any atom is 0.435 e. The van der Waals surface area contributed by atoms with Gasteiger partial charge in [0.05, 0.1) is 18.7 Å². The van der Waals surface area contributed by atoms with Crippen LogP contribution >= 0.6 is 11.3 Å². The van der Waals surface area contributed by atoms with Gasteiger partial charge in [0.25, 0.3) is 5.91 Å². The molecule has 0 radical (unpaired) electrons. The second kappa shape index (κ2) is 11.0. The van der Waals surface area contributed by atoms with Crippen molar-refractivity contribution in [1.82, 2.24) is 20.4 Å². The van der Waals surface area contributed by atoms with Crippen LogP contribution in [0.2, 0.25) is 0 Å². The van der Waals surface area contributed by atoms with Gasteiger partial charge < -0.3 is 21.1 Å². The van der Waals surface area contributed by atoms with E-state index in [4.69, 9.17) is 5.11 Å². The number of amides is 2. The van der Waals surface area contributed by atoms with Crippen molar-refractivity contribution >= 4 is 28.2 Å². The summed E-state index contributed by atoms with van der Waals surface area (Å²) >= 11 is 1.21. The molecule has 194 valence electrons. The standard InChI is InChI=1S/C20H23F6N5O3S/c21-19(22,23)10-27-7-11-8-31(30-16(11)20(24,25)26)9-14(33)29-18-15(17(34)28-5-6-32)12-3-1-2-4-13(12)35-18/h8,27,32H,1-7,9-10H2,(H,28,34)(H,29,33). The molecule has 3 rings (SSSR count). The number of thiophene rings is 1. The molecule has 35 heavy (non-hydrogen) atoms. The number of carbonyl (C=O) groups is 2. The maximum atomic E-state index is 13.3. The van der Waals surface area contributed by atoms with E-state index >= 15 is 0 Å². The molecule has 2 heterocycles. The largest absolute Gasteiger partial charge is 0.435 e. The summed E-state index contributed by atoms with van der Waals surface area (Å²) < 4.78 is 77.5. The van der Waals surface area contributed by atoms with E-state index in [-0.39, 0.29) is 23.7 Å². The number of rotatable bonds is 9. The third-order valence-corrected chi connectivity index (χ3v) is 6.31. The number of aliphatic hydroxyl groups is 1. The molecule has 0 aliphatic heterocycles. The monoisotopic (exact) mass is 527 g/mol. The number of aryl methyl sites for hydroxylation is 1. The molecule has 2 aromatic rings. The third-order valence-electron chi connectivity index (χ3n) is 5.10. The van der Waals surface area contributed by atoms with Crippen LogP contribution in [0.4, 0.5) is 31.3 Å². The Morgan fingerprint density at radius 1 is 1.14 bits per heavy atom. The molecule has 0 fully saturated rings. The number of aliphatic hydroxyl groups excluding tert-OH is 1. The fourth-order valence-corrected chi connectivity index (χ4v) is 5.02. The zero-order chi connectivity index (χ0) is 25.8. The fraction of sp³-hybridized carbons (Fsp3) is 0.550. The Balaban J connectivity index is 1.77. The average Bonchev–Trinajstić information content (AvgIpc) is 3.31. The van der Waals surface area contributed by atoms with Crippen LogP contribution < -0.4 is 16.0 Å². The number of hydrogen-bond acceptors (Lipinski definition) is 6. The van der Waals surface area contributed by atoms with E-state index < -0.39 is 55.1 Å². The second-order valence-corrected chi connectivity index (χ2v) is 8.96. The molecular formula is C20H23F6N5O3S. The molecule has 0 unspecified atom stereocenters. The maximum absolute atomic E-state index is 13.3. The molecule has 1 aliphatic rings. The highest BCUT2D eigenvalue weighted by Crippen LogP contribution is 2.38. The molecule has 0 atom stereocenters. The summed E-state index contributed by atoms with van der Waals surface area (Å²) in [5.41, 5.74) is -0.871. The normalized spacial score (nSPS) is 14.0. The minimum atomic E-state index is -4.93. The molecule has 0 aromatic carbocycles. The summed E-state index contributed by atoms with van der Waals surface area (Å²) in [5, 5.41) is 19.5. The van der Waals surface area contributed by atoms with Gasteiger partial charge in [-0.05, 0) is 31.2 Å². The lowest BCUT2D eigenvalue weighted by molar-refractivity contribution is -0.142. The van der Waals surface area contributed by atoms with Crippen molar-refractivity contribution in [3.8, 4) is 0 Å². The number of aromatic nitrogens is 2. The number of anilines is 1. The van der Waals surface area contributed by atoms with Crippen LogP contribution in [0.25, 0.3) is 0 Å². The first-order valence-electron chi connectivity index (χ1n) is 10.6. The minimum Gasteiger partial charge on any atom is -0.395 e. The molecule has 4 N–H and O–H groups in total. The third kappa shape index (κ3) is 7.18. The minimum absolute atomic E-state index is 0.00942. The molecule has 1 aliphatic carbocycles. The van der Waals surface area contributed by atoms with Crippen molar-refractivity contribution in [2.75, 3.05) is 25.0 Å². The quantitative estimate of drug-likeness (QED) is 0.375. The van der Waals surface area contributed by atoms with Crippen molar-refractivity contribution in [3.05, 3.63) is 33.5 Å². The van der Waals surface area contributed by atoms with Crippen molar-refractivity contribution in [1.29, 1.82) is 0 Å². The number of nitrogens with zero attached hydrogens (tertiary/aromatic N) is 2. The highest BCUT2D eigenvalue weighted by molar-refractivity contribution is 7.17. The summed E-state index contributed by atoms with van der Waals surface area (Å²) in [4.78, 5) is 26.2. The smallest absolute Gasteiger partial charge is 0.395 e. The van der Waals surface area contributed by atoms with Gasteiger partial charge in [-0.15, -0.1) is 11.3 Å². The van der Waals surface area contributed by atoms with E-state index in [1.54, 1.807) is 0 Å². The Kier molecular flexibility index (Phi) is 8.43. The zero-order valence-electron chi connectivity index (χ0n) is 18.3. The van der Waals surface area contributed by atoms with Crippen LogP contribution in [0, 0.1) is 0 Å². The summed E-state index contributed by atoms with van der Waals surface area (Å²) in [5.74, 6) is -1.24. The van der Waals surface area contributed by atoms with E-state index in [1.807, 2.05) is 5.32 Å². The van der Waals surface area contributed by atoms with Gasteiger partial charge in [0.15, 0.2) is 5.69 Å². The molecular weight excluding hydrogens is 504 g/mol. The Hall–Kier alpha value is -2.65. The van der Waals surface area contributed by atoms with E-state index in [2.05, 4.69) is 15.7 Å². The van der Waals surface area contributed by atoms with Gasteiger partial charge in [0.1, 0.15) is 11.5 Å². The predicted molar refractivity (Wildman–Crippen MR) is 114 cm³/mol.